The summed E-state index contributed by atoms with van der Waals surface area (Å²) >= 11 is 7.71. The number of alkyl halides is 1. The lowest BCUT2D eigenvalue weighted by molar-refractivity contribution is -0.115. The highest BCUT2D eigenvalue weighted by molar-refractivity contribution is 7.98. The lowest BCUT2D eigenvalue weighted by Gasteiger charge is -2.12. The molecule has 0 radical (unpaired) electrons. The second kappa shape index (κ2) is 7.53. The van der Waals surface area contributed by atoms with E-state index in [1.54, 1.807) is 11.9 Å². The Morgan fingerprint density at radius 2 is 2.27 bits per heavy atom. The van der Waals surface area contributed by atoms with E-state index in [4.69, 9.17) is 11.6 Å². The summed E-state index contributed by atoms with van der Waals surface area (Å²) in [4.78, 5) is 11.0. The molecule has 4 heteroatoms. The normalized spacial score (nSPS) is 19.7. The number of unbranched alkanes of at least 4 members (excludes halogenated alkanes) is 2. The number of nitrogens with zero attached hydrogens (tertiary/aromatic N) is 1. The third-order valence-electron chi connectivity index (χ3n) is 2.63. The first-order chi connectivity index (χ1) is 7.22. The van der Waals surface area contributed by atoms with E-state index in [0.29, 0.717) is 23.5 Å². The van der Waals surface area contributed by atoms with Crippen LogP contribution >= 0.6 is 23.5 Å². The number of rotatable bonds is 7. The largest absolute Gasteiger partial charge is 0.297 e. The molecule has 0 aromatic rings. The van der Waals surface area contributed by atoms with Gasteiger partial charge in [-0.1, -0.05) is 31.7 Å². The van der Waals surface area contributed by atoms with Crippen LogP contribution < -0.4 is 0 Å². The Kier molecular flexibility index (Phi) is 6.69. The molecule has 0 saturated carbocycles. The summed E-state index contributed by atoms with van der Waals surface area (Å²) in [7, 11) is 0. The summed E-state index contributed by atoms with van der Waals surface area (Å²) < 4.78 is 2.18. The Labute approximate surface area is 102 Å². The number of hydrogen-bond acceptors (Lipinski definition) is 3. The van der Waals surface area contributed by atoms with Crippen LogP contribution in [0.1, 0.15) is 39.0 Å². The summed E-state index contributed by atoms with van der Waals surface area (Å²) in [5.74, 6) is 1.05. The summed E-state index contributed by atoms with van der Waals surface area (Å²) in [6.45, 7) is 3.83. The van der Waals surface area contributed by atoms with Crippen LogP contribution in [0.5, 0.6) is 0 Å². The van der Waals surface area contributed by atoms with Gasteiger partial charge in [0.05, 0.1) is 12.3 Å². The van der Waals surface area contributed by atoms with Crippen LogP contribution in [0.4, 0.5) is 0 Å². The van der Waals surface area contributed by atoms with E-state index in [1.807, 2.05) is 0 Å². The topological polar surface area (TPSA) is 20.3 Å². The molecule has 0 aromatic heterocycles. The Balaban J connectivity index is 1.91. The van der Waals surface area contributed by atoms with Gasteiger partial charge in [-0.05, 0) is 19.3 Å². The molecular formula is C11H20ClNOS. The van der Waals surface area contributed by atoms with Gasteiger partial charge in [0.25, 0.3) is 0 Å². The molecule has 0 spiro atoms. The van der Waals surface area contributed by atoms with E-state index in [-0.39, 0.29) is 0 Å². The molecule has 2 nitrogen and oxygen atoms in total. The molecule has 0 amide bonds. The monoisotopic (exact) mass is 249 g/mol. The molecule has 1 rings (SSSR count). The van der Waals surface area contributed by atoms with Crippen molar-refractivity contribution < 1.29 is 4.79 Å². The SMILES string of the molecule is CCC(Cl)CCCCCN1CC(=O)CS1. The van der Waals surface area contributed by atoms with Crippen LogP contribution in [0.25, 0.3) is 0 Å². The van der Waals surface area contributed by atoms with Crippen molar-refractivity contribution in [3.8, 4) is 0 Å². The first-order valence-corrected chi connectivity index (χ1v) is 7.14. The van der Waals surface area contributed by atoms with Gasteiger partial charge in [0.15, 0.2) is 5.78 Å². The number of Topliss-reactive ketones (excluding diaryl/α,β-unsaturated/α-hetero) is 1. The fraction of sp³-hybridized carbons (Fsp3) is 0.909. The van der Waals surface area contributed by atoms with E-state index in [9.17, 15) is 4.79 Å². The standard InChI is InChI=1S/C11H20ClNOS/c1-2-10(12)6-4-3-5-7-13-8-11(14)9-15-13/h10H,2-9H2,1H3. The number of carbonyl (C=O) groups is 1. The zero-order valence-corrected chi connectivity index (χ0v) is 10.9. The van der Waals surface area contributed by atoms with Gasteiger partial charge in [-0.25, -0.2) is 4.31 Å². The Morgan fingerprint density at radius 1 is 1.47 bits per heavy atom. The van der Waals surface area contributed by atoms with E-state index in [0.717, 1.165) is 19.4 Å². The summed E-state index contributed by atoms with van der Waals surface area (Å²) in [5, 5.41) is 0.354. The summed E-state index contributed by atoms with van der Waals surface area (Å²) in [6.07, 6.45) is 5.83. The number of hydrogen-bond donors (Lipinski definition) is 0. The zero-order chi connectivity index (χ0) is 11.1. The fourth-order valence-electron chi connectivity index (χ4n) is 1.63. The molecule has 15 heavy (non-hydrogen) atoms. The first-order valence-electron chi connectivity index (χ1n) is 5.76. The molecule has 1 heterocycles. The van der Waals surface area contributed by atoms with Gasteiger partial charge in [0, 0.05) is 11.9 Å². The fourth-order valence-corrected chi connectivity index (χ4v) is 2.70. The third-order valence-corrected chi connectivity index (χ3v) is 4.28. The highest BCUT2D eigenvalue weighted by Gasteiger charge is 2.19. The summed E-state index contributed by atoms with van der Waals surface area (Å²) in [6, 6.07) is 0. The van der Waals surface area contributed by atoms with Crippen molar-refractivity contribution in [3.63, 3.8) is 0 Å². The van der Waals surface area contributed by atoms with E-state index in [1.165, 1.54) is 19.3 Å². The maximum atomic E-state index is 11.0. The Hall–Kier alpha value is 0.270. The van der Waals surface area contributed by atoms with Gasteiger partial charge < -0.3 is 0 Å². The van der Waals surface area contributed by atoms with Gasteiger partial charge in [0.2, 0.25) is 0 Å². The smallest absolute Gasteiger partial charge is 0.158 e. The van der Waals surface area contributed by atoms with Crippen molar-refractivity contribution in [2.45, 2.75) is 44.4 Å². The van der Waals surface area contributed by atoms with E-state index < -0.39 is 0 Å². The lowest BCUT2D eigenvalue weighted by Crippen LogP contribution is -2.16. The quantitative estimate of drug-likeness (QED) is 0.393. The first kappa shape index (κ1) is 13.3. The third kappa shape index (κ3) is 5.79. The Bertz CT molecular complexity index is 201. The molecule has 0 bridgehead atoms. The van der Waals surface area contributed by atoms with Crippen molar-refractivity contribution in [2.75, 3.05) is 18.8 Å². The van der Waals surface area contributed by atoms with Gasteiger partial charge in [-0.2, -0.15) is 0 Å². The molecule has 1 unspecified atom stereocenters. The molecule has 1 fully saturated rings. The summed E-state index contributed by atoms with van der Waals surface area (Å²) in [5.41, 5.74) is 0. The van der Waals surface area contributed by atoms with Gasteiger partial charge >= 0.3 is 0 Å². The van der Waals surface area contributed by atoms with Crippen LogP contribution in [-0.4, -0.2) is 34.3 Å². The van der Waals surface area contributed by atoms with Crippen LogP contribution in [0.15, 0.2) is 0 Å². The second-order valence-corrected chi connectivity index (χ2v) is 5.71. The van der Waals surface area contributed by atoms with Crippen molar-refractivity contribution in [1.29, 1.82) is 0 Å². The molecule has 1 aliphatic heterocycles. The van der Waals surface area contributed by atoms with Crippen LogP contribution in [0.3, 0.4) is 0 Å². The van der Waals surface area contributed by atoms with E-state index >= 15 is 0 Å². The van der Waals surface area contributed by atoms with Crippen molar-refractivity contribution in [1.82, 2.24) is 4.31 Å². The van der Waals surface area contributed by atoms with Crippen molar-refractivity contribution in [3.05, 3.63) is 0 Å². The minimum Gasteiger partial charge on any atom is -0.297 e. The highest BCUT2D eigenvalue weighted by atomic mass is 35.5. The van der Waals surface area contributed by atoms with Crippen LogP contribution in [-0.2, 0) is 4.79 Å². The molecule has 0 N–H and O–H groups in total. The molecular weight excluding hydrogens is 230 g/mol. The Morgan fingerprint density at radius 3 is 2.87 bits per heavy atom. The maximum absolute atomic E-state index is 11.0. The second-order valence-electron chi connectivity index (χ2n) is 4.03. The molecule has 1 aliphatic rings. The molecule has 0 aromatic carbocycles. The maximum Gasteiger partial charge on any atom is 0.158 e. The predicted octanol–water partition coefficient (Wildman–Crippen LogP) is 3.10. The lowest BCUT2D eigenvalue weighted by atomic mass is 10.1. The minimum absolute atomic E-state index is 0.354. The molecule has 0 aliphatic carbocycles. The van der Waals surface area contributed by atoms with Gasteiger partial charge in [0.1, 0.15) is 0 Å². The van der Waals surface area contributed by atoms with Crippen molar-refractivity contribution >= 4 is 29.3 Å². The van der Waals surface area contributed by atoms with Gasteiger partial charge in [-0.15, -0.1) is 11.6 Å². The minimum atomic E-state index is 0.354. The number of halogens is 1. The van der Waals surface area contributed by atoms with Gasteiger partial charge in [-0.3, -0.25) is 4.79 Å². The van der Waals surface area contributed by atoms with E-state index in [2.05, 4.69) is 11.2 Å². The highest BCUT2D eigenvalue weighted by Crippen LogP contribution is 2.19. The average molecular weight is 250 g/mol. The van der Waals surface area contributed by atoms with Crippen LogP contribution in [0.2, 0.25) is 0 Å². The average Bonchev–Trinajstić information content (AvgIpc) is 2.63. The molecule has 1 atom stereocenters. The number of ketones is 1. The van der Waals surface area contributed by atoms with Crippen molar-refractivity contribution in [2.24, 2.45) is 0 Å². The number of carbonyl (C=O) groups excluding carboxylic acids is 1. The van der Waals surface area contributed by atoms with Crippen LogP contribution in [0, 0.1) is 0 Å². The molecule has 1 saturated heterocycles. The molecule has 88 valence electrons. The zero-order valence-electron chi connectivity index (χ0n) is 9.38. The predicted molar refractivity (Wildman–Crippen MR) is 67.4 cm³/mol.